The molecule has 0 aliphatic carbocycles. The standard InChI is InChI=1S/C19H24N8O3S/c1-24(2)31(29,30)15-4-5-17-16(14-15)22-23-27(17)9-6-18(28)25-10-12-26(13-11-25)19-20-7-3-8-21-19/h3-5,7-8,14H,6,9-13H2,1-2H3. The first-order valence-corrected chi connectivity index (χ1v) is 11.4. The molecule has 3 heterocycles. The lowest BCUT2D eigenvalue weighted by Crippen LogP contribution is -2.49. The molecule has 11 nitrogen and oxygen atoms in total. The van der Waals surface area contributed by atoms with Crippen LogP contribution in [0.15, 0.2) is 41.6 Å². The molecule has 0 radical (unpaired) electrons. The second-order valence-corrected chi connectivity index (χ2v) is 9.57. The number of nitrogens with zero attached hydrogens (tertiary/aromatic N) is 8. The van der Waals surface area contributed by atoms with Crippen LogP contribution in [0.2, 0.25) is 0 Å². The second-order valence-electron chi connectivity index (χ2n) is 7.42. The maximum Gasteiger partial charge on any atom is 0.242 e. The van der Waals surface area contributed by atoms with E-state index >= 15 is 0 Å². The van der Waals surface area contributed by atoms with Gasteiger partial charge >= 0.3 is 0 Å². The minimum absolute atomic E-state index is 0.0454. The highest BCUT2D eigenvalue weighted by atomic mass is 32.2. The quantitative estimate of drug-likeness (QED) is 0.530. The Kier molecular flexibility index (Phi) is 5.83. The van der Waals surface area contributed by atoms with E-state index in [-0.39, 0.29) is 17.2 Å². The summed E-state index contributed by atoms with van der Waals surface area (Å²) in [6.07, 6.45) is 3.71. The molecule has 1 saturated heterocycles. The Labute approximate surface area is 180 Å². The number of sulfonamides is 1. The molecule has 1 amide bonds. The zero-order valence-corrected chi connectivity index (χ0v) is 18.2. The average molecular weight is 445 g/mol. The largest absolute Gasteiger partial charge is 0.339 e. The van der Waals surface area contributed by atoms with Gasteiger partial charge in [-0.25, -0.2) is 27.4 Å². The Bertz CT molecular complexity index is 1170. The molecule has 2 aromatic heterocycles. The van der Waals surface area contributed by atoms with Crippen molar-refractivity contribution in [1.82, 2.24) is 34.2 Å². The molecule has 0 spiro atoms. The van der Waals surface area contributed by atoms with Crippen LogP contribution < -0.4 is 4.90 Å². The average Bonchev–Trinajstić information content (AvgIpc) is 3.20. The molecule has 4 rings (SSSR count). The number of hydrogen-bond donors (Lipinski definition) is 0. The van der Waals surface area contributed by atoms with Crippen LogP contribution in [-0.2, 0) is 21.4 Å². The first-order valence-electron chi connectivity index (χ1n) is 9.92. The molecule has 0 N–H and O–H groups in total. The lowest BCUT2D eigenvalue weighted by molar-refractivity contribution is -0.131. The Hall–Kier alpha value is -3.12. The number of amides is 1. The van der Waals surface area contributed by atoms with Gasteiger partial charge < -0.3 is 9.80 Å². The number of rotatable bonds is 6. The fourth-order valence-corrected chi connectivity index (χ4v) is 4.38. The predicted molar refractivity (Wildman–Crippen MR) is 114 cm³/mol. The van der Waals surface area contributed by atoms with Crippen molar-refractivity contribution in [3.8, 4) is 0 Å². The highest BCUT2D eigenvalue weighted by molar-refractivity contribution is 7.89. The molecular formula is C19H24N8O3S. The van der Waals surface area contributed by atoms with E-state index in [0.29, 0.717) is 49.7 Å². The van der Waals surface area contributed by atoms with E-state index in [0.717, 1.165) is 4.31 Å². The Balaban J connectivity index is 1.37. The fourth-order valence-electron chi connectivity index (χ4n) is 3.46. The summed E-state index contributed by atoms with van der Waals surface area (Å²) in [5.41, 5.74) is 1.17. The monoisotopic (exact) mass is 444 g/mol. The van der Waals surface area contributed by atoms with Gasteiger partial charge in [0.1, 0.15) is 5.52 Å². The Morgan fingerprint density at radius 2 is 1.81 bits per heavy atom. The number of hydrogen-bond acceptors (Lipinski definition) is 8. The van der Waals surface area contributed by atoms with Crippen molar-refractivity contribution in [2.45, 2.75) is 17.9 Å². The normalized spacial score (nSPS) is 15.1. The minimum Gasteiger partial charge on any atom is -0.339 e. The second kappa shape index (κ2) is 8.55. The molecule has 0 unspecified atom stereocenters. The van der Waals surface area contributed by atoms with Gasteiger partial charge in [0.15, 0.2) is 0 Å². The SMILES string of the molecule is CN(C)S(=O)(=O)c1ccc2c(c1)nnn2CCC(=O)N1CCN(c2ncccn2)CC1. The molecule has 1 fully saturated rings. The molecule has 1 aromatic carbocycles. The lowest BCUT2D eigenvalue weighted by atomic mass is 10.2. The summed E-state index contributed by atoms with van der Waals surface area (Å²) in [5.74, 6) is 0.725. The molecular weight excluding hydrogens is 420 g/mol. The third-order valence-electron chi connectivity index (χ3n) is 5.27. The summed E-state index contributed by atoms with van der Waals surface area (Å²) in [6.45, 7) is 2.97. The summed E-state index contributed by atoms with van der Waals surface area (Å²) in [4.78, 5) is 25.2. The van der Waals surface area contributed by atoms with E-state index in [2.05, 4.69) is 25.2 Å². The van der Waals surface area contributed by atoms with Gasteiger partial charge in [0.05, 0.1) is 17.0 Å². The number of carbonyl (C=O) groups excluding carboxylic acids is 1. The van der Waals surface area contributed by atoms with Crippen molar-refractivity contribution in [1.29, 1.82) is 0 Å². The van der Waals surface area contributed by atoms with E-state index < -0.39 is 10.0 Å². The smallest absolute Gasteiger partial charge is 0.242 e. The number of carbonyl (C=O) groups is 1. The first kappa shape index (κ1) is 21.1. The van der Waals surface area contributed by atoms with Crippen LogP contribution in [0.5, 0.6) is 0 Å². The number of aromatic nitrogens is 5. The fraction of sp³-hybridized carbons (Fsp3) is 0.421. The van der Waals surface area contributed by atoms with Crippen LogP contribution >= 0.6 is 0 Å². The van der Waals surface area contributed by atoms with Gasteiger partial charge in [0.2, 0.25) is 21.9 Å². The third kappa shape index (κ3) is 4.35. The van der Waals surface area contributed by atoms with E-state index in [1.165, 1.54) is 26.2 Å². The van der Waals surface area contributed by atoms with Crippen LogP contribution in [0.3, 0.4) is 0 Å². The molecule has 3 aromatic rings. The van der Waals surface area contributed by atoms with Gasteiger partial charge in [-0.15, -0.1) is 5.10 Å². The molecule has 0 bridgehead atoms. The number of fused-ring (bicyclic) bond motifs is 1. The lowest BCUT2D eigenvalue weighted by Gasteiger charge is -2.34. The first-order chi connectivity index (χ1) is 14.9. The van der Waals surface area contributed by atoms with Crippen LogP contribution in [0, 0.1) is 0 Å². The van der Waals surface area contributed by atoms with E-state index in [1.807, 2.05) is 4.90 Å². The van der Waals surface area contributed by atoms with Gasteiger partial charge in [-0.3, -0.25) is 4.79 Å². The van der Waals surface area contributed by atoms with Crippen molar-refractivity contribution in [3.05, 3.63) is 36.7 Å². The van der Waals surface area contributed by atoms with Gasteiger partial charge in [0, 0.05) is 59.1 Å². The van der Waals surface area contributed by atoms with Gasteiger partial charge in [0.25, 0.3) is 0 Å². The molecule has 164 valence electrons. The van der Waals surface area contributed by atoms with E-state index in [9.17, 15) is 13.2 Å². The number of anilines is 1. The zero-order chi connectivity index (χ0) is 22.0. The number of piperazine rings is 1. The Morgan fingerprint density at radius 1 is 1.10 bits per heavy atom. The van der Waals surface area contributed by atoms with E-state index in [1.54, 1.807) is 29.2 Å². The van der Waals surface area contributed by atoms with Crippen molar-refractivity contribution in [3.63, 3.8) is 0 Å². The maximum atomic E-state index is 12.7. The molecule has 0 atom stereocenters. The van der Waals surface area contributed by atoms with E-state index in [4.69, 9.17) is 0 Å². The molecule has 0 saturated carbocycles. The molecule has 1 aliphatic heterocycles. The van der Waals surface area contributed by atoms with Crippen LogP contribution in [0.25, 0.3) is 11.0 Å². The Morgan fingerprint density at radius 3 is 2.48 bits per heavy atom. The van der Waals surface area contributed by atoms with Crippen LogP contribution in [0.1, 0.15) is 6.42 Å². The highest BCUT2D eigenvalue weighted by Gasteiger charge is 2.23. The summed E-state index contributed by atoms with van der Waals surface area (Å²) in [7, 11) is -0.580. The summed E-state index contributed by atoms with van der Waals surface area (Å²) in [5, 5.41) is 8.17. The van der Waals surface area contributed by atoms with Crippen LogP contribution in [0.4, 0.5) is 5.95 Å². The van der Waals surface area contributed by atoms with Gasteiger partial charge in [-0.1, -0.05) is 5.21 Å². The molecule has 1 aliphatic rings. The van der Waals surface area contributed by atoms with Crippen molar-refractivity contribution >= 4 is 32.9 Å². The van der Waals surface area contributed by atoms with Crippen molar-refractivity contribution < 1.29 is 13.2 Å². The topological polar surface area (TPSA) is 117 Å². The molecule has 31 heavy (non-hydrogen) atoms. The number of benzene rings is 1. The van der Waals surface area contributed by atoms with Crippen molar-refractivity contribution in [2.75, 3.05) is 45.2 Å². The zero-order valence-electron chi connectivity index (χ0n) is 17.4. The summed E-state index contributed by atoms with van der Waals surface area (Å²) >= 11 is 0. The van der Waals surface area contributed by atoms with Crippen molar-refractivity contribution in [2.24, 2.45) is 0 Å². The number of aryl methyl sites for hydroxylation is 1. The van der Waals surface area contributed by atoms with Crippen LogP contribution in [-0.4, -0.2) is 88.8 Å². The summed E-state index contributed by atoms with van der Waals surface area (Å²) < 4.78 is 27.4. The maximum absolute atomic E-state index is 12.7. The minimum atomic E-state index is -3.54. The predicted octanol–water partition coefficient (Wildman–Crippen LogP) is 0.211. The van der Waals surface area contributed by atoms with Gasteiger partial charge in [-0.2, -0.15) is 0 Å². The summed E-state index contributed by atoms with van der Waals surface area (Å²) in [6, 6.07) is 6.49. The highest BCUT2D eigenvalue weighted by Crippen LogP contribution is 2.19. The molecule has 12 heteroatoms. The van der Waals surface area contributed by atoms with Gasteiger partial charge in [-0.05, 0) is 24.3 Å². The third-order valence-corrected chi connectivity index (χ3v) is 7.08.